The predicted octanol–water partition coefficient (Wildman–Crippen LogP) is 5.02. The van der Waals surface area contributed by atoms with Crippen LogP contribution >= 0.6 is 0 Å². The Morgan fingerprint density at radius 1 is 0.905 bits per heavy atom. The number of para-hydroxylation sites is 1. The summed E-state index contributed by atoms with van der Waals surface area (Å²) < 4.78 is 0. The number of carbonyl (C=O) groups excluding carboxylic acids is 3. The van der Waals surface area contributed by atoms with Gasteiger partial charge in [-0.3, -0.25) is 14.5 Å². The van der Waals surface area contributed by atoms with E-state index >= 15 is 0 Å². The Morgan fingerprint density at radius 3 is 2.43 bits per heavy atom. The second-order valence-electron chi connectivity index (χ2n) is 11.7. The third-order valence-electron chi connectivity index (χ3n) is 8.87. The fourth-order valence-corrected chi connectivity index (χ4v) is 6.70. The third-order valence-corrected chi connectivity index (χ3v) is 8.87. The van der Waals surface area contributed by atoms with E-state index in [1.54, 1.807) is 23.1 Å². The van der Waals surface area contributed by atoms with Crippen LogP contribution in [0.5, 0.6) is 0 Å². The zero-order valence-electron chi connectivity index (χ0n) is 23.8. The first-order valence-corrected chi connectivity index (χ1v) is 15.2. The van der Waals surface area contributed by atoms with Crippen molar-refractivity contribution in [2.24, 2.45) is 11.8 Å². The molecule has 6 rings (SSSR count). The molecular weight excluding hydrogens is 532 g/mol. The van der Waals surface area contributed by atoms with Gasteiger partial charge in [-0.05, 0) is 60.6 Å². The Kier molecular flexibility index (Phi) is 8.55. The molecule has 11 heteroatoms. The van der Waals surface area contributed by atoms with Crippen LogP contribution in [0.4, 0.5) is 16.2 Å². The molecule has 1 aromatic heterocycles. The first-order valence-electron chi connectivity index (χ1n) is 15.2. The molecule has 11 nitrogen and oxygen atoms in total. The molecule has 0 bridgehead atoms. The summed E-state index contributed by atoms with van der Waals surface area (Å²) in [4.78, 5) is 42.6. The fraction of sp³-hybridized carbons (Fsp3) is 0.484. The topological polar surface area (TPSA) is 136 Å². The van der Waals surface area contributed by atoms with Crippen LogP contribution in [0.2, 0.25) is 0 Å². The zero-order chi connectivity index (χ0) is 28.9. The van der Waals surface area contributed by atoms with E-state index in [-0.39, 0.29) is 42.8 Å². The van der Waals surface area contributed by atoms with Crippen molar-refractivity contribution >= 4 is 29.1 Å². The van der Waals surface area contributed by atoms with Crippen molar-refractivity contribution in [1.82, 2.24) is 31.1 Å². The number of aromatic amines is 1. The number of hydrogen-bond acceptors (Lipinski definition) is 7. The van der Waals surface area contributed by atoms with Gasteiger partial charge in [0.25, 0.3) is 0 Å². The number of benzene rings is 2. The van der Waals surface area contributed by atoms with Crippen molar-refractivity contribution in [3.63, 3.8) is 0 Å². The van der Waals surface area contributed by atoms with Gasteiger partial charge in [0, 0.05) is 17.2 Å². The van der Waals surface area contributed by atoms with Crippen LogP contribution in [0.15, 0.2) is 48.5 Å². The Bertz CT molecular complexity index is 1400. The standard InChI is InChI=1S/C31H38N8O3/c40-27(21-10-5-6-11-21)19-38-26-17-8-7-16-25(26)29(22-12-3-1-2-4-13-22)35-39(31(38)42)20-28(41)32-24-15-9-14-23(18-24)30-33-36-37-34-30/h7-9,14-18,21-22,29,35H,1-6,10-13,19-20H2,(H,32,41)(H,33,34,36,37). The van der Waals surface area contributed by atoms with Gasteiger partial charge in [0.1, 0.15) is 6.54 Å². The van der Waals surface area contributed by atoms with Gasteiger partial charge in [0.2, 0.25) is 11.7 Å². The Balaban J connectivity index is 1.27. The van der Waals surface area contributed by atoms with E-state index in [1.807, 2.05) is 24.3 Å². The minimum absolute atomic E-state index is 0.00441. The highest BCUT2D eigenvalue weighted by molar-refractivity contribution is 6.02. The summed E-state index contributed by atoms with van der Waals surface area (Å²) in [6.45, 7) is -0.207. The maximum absolute atomic E-state index is 14.2. The number of fused-ring (bicyclic) bond motifs is 1. The normalized spacial score (nSPS) is 20.2. The number of ketones is 1. The summed E-state index contributed by atoms with van der Waals surface area (Å²) in [5.74, 6) is 0.452. The number of nitrogens with one attached hydrogen (secondary N) is 3. The fourth-order valence-electron chi connectivity index (χ4n) is 6.70. The highest BCUT2D eigenvalue weighted by Gasteiger charge is 2.38. The van der Waals surface area contributed by atoms with Gasteiger partial charge in [-0.2, -0.15) is 5.21 Å². The smallest absolute Gasteiger partial charge is 0.324 e. The quantitative estimate of drug-likeness (QED) is 0.324. The molecule has 2 saturated carbocycles. The van der Waals surface area contributed by atoms with Crippen LogP contribution in [0.25, 0.3) is 11.4 Å². The predicted molar refractivity (Wildman–Crippen MR) is 158 cm³/mol. The first-order chi connectivity index (χ1) is 20.6. The third kappa shape index (κ3) is 6.20. The molecule has 0 spiro atoms. The van der Waals surface area contributed by atoms with Crippen molar-refractivity contribution in [3.8, 4) is 11.4 Å². The number of hydrogen-bond donors (Lipinski definition) is 3. The summed E-state index contributed by atoms with van der Waals surface area (Å²) in [5.41, 5.74) is 6.50. The lowest BCUT2D eigenvalue weighted by atomic mass is 9.86. The van der Waals surface area contributed by atoms with Gasteiger partial charge in [0.15, 0.2) is 5.78 Å². The number of rotatable bonds is 8. The number of carbonyl (C=O) groups is 3. The first kappa shape index (κ1) is 28.0. The molecule has 2 aliphatic carbocycles. The molecule has 1 unspecified atom stereocenters. The lowest BCUT2D eigenvalue weighted by Gasteiger charge is -2.31. The van der Waals surface area contributed by atoms with E-state index in [4.69, 9.17) is 0 Å². The van der Waals surface area contributed by atoms with Gasteiger partial charge in [-0.1, -0.05) is 68.9 Å². The molecule has 1 aliphatic heterocycles. The molecule has 220 valence electrons. The second-order valence-corrected chi connectivity index (χ2v) is 11.7. The summed E-state index contributed by atoms with van der Waals surface area (Å²) >= 11 is 0. The molecule has 2 aromatic carbocycles. The molecule has 2 fully saturated rings. The number of Topliss-reactive ketones (excluding diaryl/α,β-unsaturated/α-hetero) is 1. The average Bonchev–Trinajstić information content (AvgIpc) is 3.67. The largest absolute Gasteiger partial charge is 0.339 e. The molecule has 3 aliphatic rings. The van der Waals surface area contributed by atoms with Gasteiger partial charge in [-0.25, -0.2) is 15.2 Å². The number of aromatic nitrogens is 4. The minimum Gasteiger partial charge on any atom is -0.324 e. The van der Waals surface area contributed by atoms with Crippen LogP contribution in [0, 0.1) is 11.8 Å². The van der Waals surface area contributed by atoms with Gasteiger partial charge < -0.3 is 5.32 Å². The van der Waals surface area contributed by atoms with Crippen molar-refractivity contribution in [2.75, 3.05) is 23.3 Å². The van der Waals surface area contributed by atoms with Gasteiger partial charge >= 0.3 is 6.03 Å². The van der Waals surface area contributed by atoms with E-state index in [2.05, 4.69) is 37.4 Å². The van der Waals surface area contributed by atoms with Crippen LogP contribution in [0.3, 0.4) is 0 Å². The van der Waals surface area contributed by atoms with Crippen molar-refractivity contribution < 1.29 is 14.4 Å². The second kappa shape index (κ2) is 12.8. The molecule has 3 aromatic rings. The molecule has 42 heavy (non-hydrogen) atoms. The Morgan fingerprint density at radius 2 is 1.67 bits per heavy atom. The summed E-state index contributed by atoms with van der Waals surface area (Å²) in [5, 5.41) is 18.4. The van der Waals surface area contributed by atoms with Gasteiger partial charge in [-0.15, -0.1) is 10.2 Å². The number of anilines is 2. The van der Waals surface area contributed by atoms with Crippen molar-refractivity contribution in [3.05, 3.63) is 54.1 Å². The molecule has 3 amide bonds. The highest BCUT2D eigenvalue weighted by atomic mass is 16.2. The van der Waals surface area contributed by atoms with Crippen LogP contribution in [0.1, 0.15) is 75.8 Å². The van der Waals surface area contributed by atoms with Gasteiger partial charge in [0.05, 0.1) is 18.3 Å². The number of hydrazine groups is 1. The SMILES string of the molecule is O=C(CN1NC(C2CCCCCC2)c2ccccc2N(CC(=O)C2CCCC2)C1=O)Nc1cccc(-c2nn[nH]n2)c1. The van der Waals surface area contributed by atoms with Crippen LogP contribution < -0.4 is 15.6 Å². The Labute approximate surface area is 245 Å². The highest BCUT2D eigenvalue weighted by Crippen LogP contribution is 2.40. The molecule has 2 heterocycles. The summed E-state index contributed by atoms with van der Waals surface area (Å²) in [6.07, 6.45) is 10.6. The average molecular weight is 571 g/mol. The lowest BCUT2D eigenvalue weighted by molar-refractivity contribution is -0.121. The van der Waals surface area contributed by atoms with E-state index in [9.17, 15) is 14.4 Å². The van der Waals surface area contributed by atoms with E-state index in [0.29, 0.717) is 23.0 Å². The Hall–Kier alpha value is -4.12. The molecule has 0 saturated heterocycles. The number of amides is 3. The molecular formula is C31H38N8O3. The maximum Gasteiger partial charge on any atom is 0.339 e. The molecule has 3 N–H and O–H groups in total. The minimum atomic E-state index is -0.388. The van der Waals surface area contributed by atoms with Crippen molar-refractivity contribution in [1.29, 1.82) is 0 Å². The van der Waals surface area contributed by atoms with Crippen molar-refractivity contribution in [2.45, 2.75) is 70.3 Å². The monoisotopic (exact) mass is 570 g/mol. The van der Waals surface area contributed by atoms with E-state index in [0.717, 1.165) is 62.6 Å². The lowest BCUT2D eigenvalue weighted by Crippen LogP contribution is -2.53. The maximum atomic E-state index is 14.2. The number of H-pyrrole nitrogens is 1. The summed E-state index contributed by atoms with van der Waals surface area (Å²) in [7, 11) is 0. The summed E-state index contributed by atoms with van der Waals surface area (Å²) in [6, 6.07) is 14.5. The number of tetrazole rings is 1. The number of urea groups is 1. The van der Waals surface area contributed by atoms with E-state index < -0.39 is 0 Å². The number of nitrogens with zero attached hydrogens (tertiary/aromatic N) is 5. The zero-order valence-corrected chi connectivity index (χ0v) is 23.8. The molecule has 0 radical (unpaired) electrons. The van der Waals surface area contributed by atoms with Crippen LogP contribution in [-0.4, -0.2) is 56.4 Å². The van der Waals surface area contributed by atoms with Crippen LogP contribution in [-0.2, 0) is 9.59 Å². The molecule has 1 atom stereocenters. The van der Waals surface area contributed by atoms with E-state index in [1.165, 1.54) is 17.9 Å².